The van der Waals surface area contributed by atoms with Gasteiger partial charge in [0.2, 0.25) is 5.44 Å². The van der Waals surface area contributed by atoms with E-state index in [4.69, 9.17) is 4.55 Å². The number of carbonyl (C=O) groups excluding carboxylic acids is 1. The lowest BCUT2D eigenvalue weighted by Gasteiger charge is -2.25. The predicted octanol–water partition coefficient (Wildman–Crippen LogP) is 0.419. The minimum absolute atomic E-state index is 0.00366. The molecule has 0 aromatic rings. The monoisotopic (exact) mass is 196 g/mol. The summed E-state index contributed by atoms with van der Waals surface area (Å²) in [6.45, 7) is 4.61. The Morgan fingerprint density at radius 3 is 1.92 bits per heavy atom. The van der Waals surface area contributed by atoms with Crippen LogP contribution in [0.5, 0.6) is 0 Å². The Labute approximate surface area is 71.5 Å². The topological polar surface area (TPSA) is 80.7 Å². The van der Waals surface area contributed by atoms with E-state index < -0.39 is 21.0 Å². The summed E-state index contributed by atoms with van der Waals surface area (Å²) in [7, 11) is -4.34. The summed E-state index contributed by atoms with van der Waals surface area (Å²) in [5.74, 6) is 0. The Balaban J connectivity index is 4.81. The summed E-state index contributed by atoms with van der Waals surface area (Å²) >= 11 is 0. The van der Waals surface area contributed by atoms with Gasteiger partial charge in [-0.2, -0.15) is 8.42 Å². The highest BCUT2D eigenvalue weighted by Gasteiger charge is 2.36. The van der Waals surface area contributed by atoms with Gasteiger partial charge in [0.05, 0.1) is 0 Å². The van der Waals surface area contributed by atoms with Crippen molar-refractivity contribution in [2.24, 2.45) is 5.41 Å². The second kappa shape index (κ2) is 3.40. The normalized spacial score (nSPS) is 15.3. The molecular formula is C6H12O5S. The zero-order valence-electron chi connectivity index (χ0n) is 7.14. The van der Waals surface area contributed by atoms with Crippen LogP contribution in [-0.4, -0.2) is 24.9 Å². The van der Waals surface area contributed by atoms with E-state index in [0.717, 1.165) is 0 Å². The van der Waals surface area contributed by atoms with Gasteiger partial charge in [-0.25, -0.2) is 0 Å². The maximum atomic E-state index is 10.6. The lowest BCUT2D eigenvalue weighted by Crippen LogP contribution is -2.36. The summed E-state index contributed by atoms with van der Waals surface area (Å²) < 4.78 is 34.2. The van der Waals surface area contributed by atoms with Crippen LogP contribution in [0.2, 0.25) is 0 Å². The van der Waals surface area contributed by atoms with Crippen molar-refractivity contribution < 1.29 is 22.5 Å². The quantitative estimate of drug-likeness (QED) is 0.522. The molecule has 0 fully saturated rings. The van der Waals surface area contributed by atoms with Gasteiger partial charge in [-0.05, 0) is 0 Å². The fraction of sp³-hybridized carbons (Fsp3) is 0.833. The van der Waals surface area contributed by atoms with Crippen LogP contribution in [0.4, 0.5) is 0 Å². The van der Waals surface area contributed by atoms with Crippen molar-refractivity contribution >= 4 is 16.6 Å². The van der Waals surface area contributed by atoms with Gasteiger partial charge >= 0.3 is 10.1 Å². The number of hydrogen-bond donors (Lipinski definition) is 1. The predicted molar refractivity (Wildman–Crippen MR) is 41.9 cm³/mol. The van der Waals surface area contributed by atoms with Crippen molar-refractivity contribution in [3.8, 4) is 0 Å². The van der Waals surface area contributed by atoms with E-state index in [2.05, 4.69) is 4.74 Å². The molecule has 0 aliphatic heterocycles. The molecule has 1 atom stereocenters. The Morgan fingerprint density at radius 1 is 1.42 bits per heavy atom. The van der Waals surface area contributed by atoms with Crippen LogP contribution >= 0.6 is 0 Å². The summed E-state index contributed by atoms with van der Waals surface area (Å²) in [5, 5.41) is 0. The molecule has 0 aliphatic rings. The minimum atomic E-state index is -4.34. The zero-order chi connectivity index (χ0) is 9.99. The van der Waals surface area contributed by atoms with Crippen LogP contribution < -0.4 is 0 Å². The van der Waals surface area contributed by atoms with Crippen LogP contribution in [0.25, 0.3) is 0 Å². The van der Waals surface area contributed by atoms with E-state index in [1.54, 1.807) is 0 Å². The third kappa shape index (κ3) is 3.19. The molecule has 0 aromatic heterocycles. The van der Waals surface area contributed by atoms with E-state index >= 15 is 0 Å². The average molecular weight is 196 g/mol. The summed E-state index contributed by atoms with van der Waals surface area (Å²) in [5.41, 5.74) is -2.35. The first-order valence-electron chi connectivity index (χ1n) is 3.25. The fourth-order valence-corrected chi connectivity index (χ4v) is 1.85. The molecule has 12 heavy (non-hydrogen) atoms. The van der Waals surface area contributed by atoms with Gasteiger partial charge in [0, 0.05) is 5.41 Å². The van der Waals surface area contributed by atoms with Gasteiger partial charge in [0.25, 0.3) is 6.47 Å². The summed E-state index contributed by atoms with van der Waals surface area (Å²) in [6, 6.07) is 0. The third-order valence-corrected chi connectivity index (χ3v) is 2.52. The molecule has 0 aromatic carbocycles. The molecule has 0 saturated heterocycles. The molecule has 0 spiro atoms. The molecule has 0 rings (SSSR count). The van der Waals surface area contributed by atoms with E-state index in [-0.39, 0.29) is 6.47 Å². The van der Waals surface area contributed by atoms with E-state index in [1.807, 2.05) is 0 Å². The summed E-state index contributed by atoms with van der Waals surface area (Å²) in [6.07, 6.45) is 0. The molecule has 0 bridgehead atoms. The molecule has 72 valence electrons. The zero-order valence-corrected chi connectivity index (χ0v) is 7.96. The number of ether oxygens (including phenoxy) is 1. The van der Waals surface area contributed by atoms with Crippen molar-refractivity contribution in [1.82, 2.24) is 0 Å². The molecule has 1 unspecified atom stereocenters. The molecule has 5 nitrogen and oxygen atoms in total. The van der Waals surface area contributed by atoms with E-state index in [1.165, 1.54) is 20.8 Å². The van der Waals surface area contributed by atoms with Crippen LogP contribution in [-0.2, 0) is 19.6 Å². The Hall–Kier alpha value is -0.620. The highest BCUT2D eigenvalue weighted by Crippen LogP contribution is 2.25. The van der Waals surface area contributed by atoms with Gasteiger partial charge in [-0.1, -0.05) is 20.8 Å². The number of carbonyl (C=O) groups is 1. The molecule has 0 heterocycles. The standard InChI is InChI=1S/C6H12O5S/c1-6(2,3)5(11-4-7)12(8,9)10/h4-5H,1-3H3,(H,8,9,10). The van der Waals surface area contributed by atoms with Crippen LogP contribution in [0.15, 0.2) is 0 Å². The smallest absolute Gasteiger partial charge is 0.304 e. The van der Waals surface area contributed by atoms with Crippen LogP contribution in [0.3, 0.4) is 0 Å². The SMILES string of the molecule is CC(C)(C)C(OC=O)S(=O)(=O)O. The van der Waals surface area contributed by atoms with Crippen molar-refractivity contribution in [2.45, 2.75) is 26.2 Å². The van der Waals surface area contributed by atoms with E-state index in [9.17, 15) is 13.2 Å². The van der Waals surface area contributed by atoms with Crippen molar-refractivity contribution in [2.75, 3.05) is 0 Å². The largest absolute Gasteiger partial charge is 0.445 e. The van der Waals surface area contributed by atoms with Crippen LogP contribution in [0.1, 0.15) is 20.8 Å². The first kappa shape index (κ1) is 11.4. The van der Waals surface area contributed by atoms with Gasteiger partial charge in [0.1, 0.15) is 0 Å². The van der Waals surface area contributed by atoms with Crippen molar-refractivity contribution in [3.63, 3.8) is 0 Å². The Kier molecular flexibility index (Phi) is 3.23. The first-order valence-corrected chi connectivity index (χ1v) is 4.75. The van der Waals surface area contributed by atoms with Gasteiger partial charge in [-0.15, -0.1) is 0 Å². The highest BCUT2D eigenvalue weighted by atomic mass is 32.2. The van der Waals surface area contributed by atoms with Gasteiger partial charge in [-0.3, -0.25) is 9.35 Å². The van der Waals surface area contributed by atoms with E-state index in [0.29, 0.717) is 0 Å². The second-order valence-corrected chi connectivity index (χ2v) is 4.90. The minimum Gasteiger partial charge on any atom is -0.445 e. The molecule has 6 heteroatoms. The molecule has 0 saturated carbocycles. The first-order chi connectivity index (χ1) is 5.19. The third-order valence-electron chi connectivity index (χ3n) is 1.16. The van der Waals surface area contributed by atoms with Crippen molar-refractivity contribution in [1.29, 1.82) is 0 Å². The molecule has 0 amide bonds. The summed E-state index contributed by atoms with van der Waals surface area (Å²) in [4.78, 5) is 9.91. The van der Waals surface area contributed by atoms with Crippen LogP contribution in [0, 0.1) is 5.41 Å². The number of hydrogen-bond acceptors (Lipinski definition) is 4. The maximum absolute atomic E-state index is 10.6. The highest BCUT2D eigenvalue weighted by molar-refractivity contribution is 7.86. The van der Waals surface area contributed by atoms with Gasteiger partial charge < -0.3 is 4.74 Å². The lowest BCUT2D eigenvalue weighted by atomic mass is 9.98. The molecule has 0 radical (unpaired) electrons. The average Bonchev–Trinajstić information content (AvgIpc) is 1.77. The fourth-order valence-electron chi connectivity index (χ4n) is 0.772. The van der Waals surface area contributed by atoms with Gasteiger partial charge in [0.15, 0.2) is 0 Å². The number of rotatable bonds is 3. The molecular weight excluding hydrogens is 184 g/mol. The van der Waals surface area contributed by atoms with Crippen molar-refractivity contribution in [3.05, 3.63) is 0 Å². The second-order valence-electron chi connectivity index (χ2n) is 3.45. The Morgan fingerprint density at radius 2 is 1.83 bits per heavy atom. The maximum Gasteiger partial charge on any atom is 0.304 e. The molecule has 1 N–H and O–H groups in total. The molecule has 0 aliphatic carbocycles. The lowest BCUT2D eigenvalue weighted by molar-refractivity contribution is -0.134. The Bertz CT molecular complexity index is 248.